The zero-order chi connectivity index (χ0) is 8.32. The van der Waals surface area contributed by atoms with E-state index in [1.165, 1.54) is 12.8 Å². The Morgan fingerprint density at radius 1 is 1.55 bits per heavy atom. The van der Waals surface area contributed by atoms with Gasteiger partial charge >= 0.3 is 0 Å². The van der Waals surface area contributed by atoms with Gasteiger partial charge in [0.1, 0.15) is 0 Å². The van der Waals surface area contributed by atoms with Crippen LogP contribution in [0.2, 0.25) is 0 Å². The smallest absolute Gasteiger partial charge is 0.221 e. The van der Waals surface area contributed by atoms with Crippen molar-refractivity contribution in [2.75, 3.05) is 13.1 Å². The molecule has 1 aliphatic carbocycles. The summed E-state index contributed by atoms with van der Waals surface area (Å²) in [6, 6.07) is 0.554. The van der Waals surface area contributed by atoms with Crippen molar-refractivity contribution in [1.82, 2.24) is 5.32 Å². The summed E-state index contributed by atoms with van der Waals surface area (Å²) < 4.78 is 0. The van der Waals surface area contributed by atoms with Crippen LogP contribution in [0.5, 0.6) is 0 Å². The Balaban J connectivity index is 2.20. The van der Waals surface area contributed by atoms with Crippen molar-refractivity contribution in [3.8, 4) is 0 Å². The minimum Gasteiger partial charge on any atom is -0.316 e. The van der Waals surface area contributed by atoms with Crippen molar-refractivity contribution < 1.29 is 0 Å². The Kier molecular flexibility index (Phi) is 2.51. The fraction of sp³-hybridized carbons (Fsp3) is 0.889. The van der Waals surface area contributed by atoms with Crippen LogP contribution in [0.25, 0.3) is 4.85 Å². The number of nitrogens with zero attached hydrogens (tertiary/aromatic N) is 1. The zero-order valence-electron chi connectivity index (χ0n) is 7.35. The third-order valence-electron chi connectivity index (χ3n) is 2.26. The maximum atomic E-state index is 6.78. The average molecular weight is 152 g/mol. The van der Waals surface area contributed by atoms with Gasteiger partial charge in [0.2, 0.25) is 6.54 Å². The van der Waals surface area contributed by atoms with Crippen LogP contribution in [0.3, 0.4) is 0 Å². The highest BCUT2D eigenvalue weighted by Crippen LogP contribution is 2.45. The molecular formula is C9H16N2. The molecule has 0 bridgehead atoms. The summed E-state index contributed by atoms with van der Waals surface area (Å²) in [7, 11) is 0. The van der Waals surface area contributed by atoms with Gasteiger partial charge in [-0.05, 0) is 12.8 Å². The molecule has 1 N–H and O–H groups in total. The number of rotatable bonds is 4. The summed E-state index contributed by atoms with van der Waals surface area (Å²) in [6.07, 6.45) is 2.49. The molecule has 0 aromatic rings. The molecule has 1 saturated carbocycles. The van der Waals surface area contributed by atoms with Crippen LogP contribution in [0.1, 0.15) is 26.7 Å². The van der Waals surface area contributed by atoms with Crippen LogP contribution in [0.4, 0.5) is 0 Å². The minimum absolute atomic E-state index is 0.367. The van der Waals surface area contributed by atoms with Gasteiger partial charge in [0.05, 0.1) is 5.41 Å². The van der Waals surface area contributed by atoms with E-state index in [0.717, 1.165) is 6.54 Å². The first kappa shape index (κ1) is 8.55. The molecule has 0 saturated heterocycles. The van der Waals surface area contributed by atoms with Gasteiger partial charge in [0, 0.05) is 12.6 Å². The van der Waals surface area contributed by atoms with Crippen LogP contribution in [0.15, 0.2) is 0 Å². The van der Waals surface area contributed by atoms with Crippen LogP contribution in [0, 0.1) is 12.0 Å². The van der Waals surface area contributed by atoms with Crippen molar-refractivity contribution in [1.29, 1.82) is 0 Å². The molecule has 2 nitrogen and oxygen atoms in total. The van der Waals surface area contributed by atoms with Gasteiger partial charge in [-0.15, -0.1) is 0 Å². The molecule has 0 aromatic carbocycles. The Labute approximate surface area is 68.8 Å². The maximum absolute atomic E-state index is 6.78. The first-order chi connectivity index (χ1) is 5.18. The van der Waals surface area contributed by atoms with E-state index in [1.54, 1.807) is 0 Å². The van der Waals surface area contributed by atoms with E-state index in [1.807, 2.05) is 0 Å². The molecule has 0 amide bonds. The molecule has 0 heterocycles. The Morgan fingerprint density at radius 3 is 2.55 bits per heavy atom. The van der Waals surface area contributed by atoms with Gasteiger partial charge in [-0.25, -0.2) is 6.57 Å². The van der Waals surface area contributed by atoms with Crippen molar-refractivity contribution >= 4 is 0 Å². The molecule has 0 radical (unpaired) electrons. The highest BCUT2D eigenvalue weighted by atomic mass is 14.9. The molecule has 0 spiro atoms. The molecule has 2 heteroatoms. The first-order valence-electron chi connectivity index (χ1n) is 4.25. The summed E-state index contributed by atoms with van der Waals surface area (Å²) in [5, 5.41) is 3.39. The van der Waals surface area contributed by atoms with Crippen LogP contribution >= 0.6 is 0 Å². The van der Waals surface area contributed by atoms with Crippen LogP contribution < -0.4 is 5.32 Å². The summed E-state index contributed by atoms with van der Waals surface area (Å²) in [6.45, 7) is 12.8. The Bertz CT molecular complexity index is 163. The van der Waals surface area contributed by atoms with Crippen molar-refractivity contribution in [2.45, 2.75) is 32.7 Å². The third-order valence-corrected chi connectivity index (χ3v) is 2.26. The predicted molar refractivity (Wildman–Crippen MR) is 46.3 cm³/mol. The molecule has 0 aromatic heterocycles. The lowest BCUT2D eigenvalue weighted by Crippen LogP contribution is -2.30. The van der Waals surface area contributed by atoms with Crippen LogP contribution in [-0.4, -0.2) is 19.1 Å². The normalized spacial score (nSPS) is 19.8. The fourth-order valence-corrected chi connectivity index (χ4v) is 1.16. The monoisotopic (exact) mass is 152 g/mol. The third kappa shape index (κ3) is 2.51. The molecule has 0 unspecified atom stereocenters. The first-order valence-corrected chi connectivity index (χ1v) is 4.25. The van der Waals surface area contributed by atoms with E-state index in [0.29, 0.717) is 18.0 Å². The van der Waals surface area contributed by atoms with Gasteiger partial charge < -0.3 is 10.2 Å². The van der Waals surface area contributed by atoms with E-state index in [2.05, 4.69) is 24.0 Å². The average Bonchev–Trinajstić information content (AvgIpc) is 2.67. The number of hydrogen-bond donors (Lipinski definition) is 1. The summed E-state index contributed by atoms with van der Waals surface area (Å²) in [4.78, 5) is 3.46. The summed E-state index contributed by atoms with van der Waals surface area (Å²) in [5.41, 5.74) is 0.367. The second kappa shape index (κ2) is 3.23. The summed E-state index contributed by atoms with van der Waals surface area (Å²) >= 11 is 0. The van der Waals surface area contributed by atoms with Crippen molar-refractivity contribution in [3.63, 3.8) is 0 Å². The predicted octanol–water partition coefficient (Wildman–Crippen LogP) is 1.68. The van der Waals surface area contributed by atoms with Crippen molar-refractivity contribution in [2.24, 2.45) is 5.41 Å². The van der Waals surface area contributed by atoms with E-state index in [4.69, 9.17) is 6.57 Å². The Morgan fingerprint density at radius 2 is 2.18 bits per heavy atom. The standard InChI is InChI=1S/C9H16N2/c1-8(2)11-7-9(4-5-9)6-10-3/h8,11H,4-7H2,1-2H3. The molecule has 1 fully saturated rings. The van der Waals surface area contributed by atoms with Crippen LogP contribution in [-0.2, 0) is 0 Å². The van der Waals surface area contributed by atoms with Gasteiger partial charge in [0.25, 0.3) is 0 Å². The number of hydrogen-bond acceptors (Lipinski definition) is 1. The summed E-state index contributed by atoms with van der Waals surface area (Å²) in [5.74, 6) is 0. The molecule has 1 aliphatic rings. The van der Waals surface area contributed by atoms with E-state index in [9.17, 15) is 0 Å². The molecule has 0 aliphatic heterocycles. The minimum atomic E-state index is 0.367. The molecular weight excluding hydrogens is 136 g/mol. The van der Waals surface area contributed by atoms with Gasteiger partial charge in [-0.2, -0.15) is 0 Å². The highest BCUT2D eigenvalue weighted by Gasteiger charge is 2.45. The van der Waals surface area contributed by atoms with Gasteiger partial charge in [0.15, 0.2) is 0 Å². The van der Waals surface area contributed by atoms with Crippen molar-refractivity contribution in [3.05, 3.63) is 11.4 Å². The molecule has 0 atom stereocenters. The van der Waals surface area contributed by atoms with E-state index < -0.39 is 0 Å². The Hall–Kier alpha value is -0.550. The lowest BCUT2D eigenvalue weighted by molar-refractivity contribution is 0.457. The van der Waals surface area contributed by atoms with E-state index >= 15 is 0 Å². The highest BCUT2D eigenvalue weighted by molar-refractivity contribution is 4.99. The van der Waals surface area contributed by atoms with E-state index in [-0.39, 0.29) is 0 Å². The SMILES string of the molecule is [C-]#[N+]CC1(CNC(C)C)CC1. The zero-order valence-corrected chi connectivity index (χ0v) is 7.35. The number of nitrogens with one attached hydrogen (secondary N) is 1. The quantitative estimate of drug-likeness (QED) is 0.606. The second-order valence-electron chi connectivity index (χ2n) is 3.85. The van der Waals surface area contributed by atoms with Gasteiger partial charge in [-0.3, -0.25) is 0 Å². The fourth-order valence-electron chi connectivity index (χ4n) is 1.16. The lowest BCUT2D eigenvalue weighted by Gasteiger charge is -2.12. The lowest BCUT2D eigenvalue weighted by atomic mass is 10.1. The molecule has 62 valence electrons. The maximum Gasteiger partial charge on any atom is 0.221 e. The second-order valence-corrected chi connectivity index (χ2v) is 3.85. The largest absolute Gasteiger partial charge is 0.316 e. The molecule has 1 rings (SSSR count). The molecule has 11 heavy (non-hydrogen) atoms. The topological polar surface area (TPSA) is 16.4 Å². The van der Waals surface area contributed by atoms with Gasteiger partial charge in [-0.1, -0.05) is 13.8 Å².